The third-order valence-electron chi connectivity index (χ3n) is 6.62. The molecule has 2 fully saturated rings. The number of amides is 3. The largest absolute Gasteiger partial charge is 0.384 e. The fourth-order valence-electron chi connectivity index (χ4n) is 4.73. The molecule has 0 spiro atoms. The van der Waals surface area contributed by atoms with Crippen LogP contribution in [0.2, 0.25) is 0 Å². The van der Waals surface area contributed by atoms with E-state index in [4.69, 9.17) is 5.73 Å². The number of nitrogens with two attached hydrogens (primary N) is 1. The summed E-state index contributed by atoms with van der Waals surface area (Å²) in [6.45, 7) is 3.46. The number of carbonyl (C=O) groups excluding carboxylic acids is 3. The number of carbonyl (C=O) groups is 3. The summed E-state index contributed by atoms with van der Waals surface area (Å²) >= 11 is 0. The first-order valence-electron chi connectivity index (χ1n) is 10.7. The molecular weight excluding hydrogens is 396 g/mol. The van der Waals surface area contributed by atoms with Gasteiger partial charge in [0.05, 0.1) is 16.8 Å². The lowest BCUT2D eigenvalue weighted by molar-refractivity contribution is -0.133. The van der Waals surface area contributed by atoms with E-state index in [2.05, 4.69) is 5.32 Å². The quantitative estimate of drug-likeness (QED) is 0.734. The molecule has 160 valence electrons. The number of likely N-dealkylation sites (tertiary alicyclic amines) is 1. The number of nitrogen functional groups attached to an aromatic ring is 1. The zero-order valence-corrected chi connectivity index (χ0v) is 17.3. The van der Waals surface area contributed by atoms with Crippen LogP contribution < -0.4 is 16.6 Å². The minimum absolute atomic E-state index is 0.0190. The standard InChI is InChI=1S/C23H24N4O4/c1-12-10-15(13-6-8-26(9-7-13)23(31)14-2-3-14)4-5-17(12)27-18(28)11-16-19(20(27)24)22(30)25-21(16)29/h4-5,10-11,13-14H,2-3,6-9,24H2,1H3,(H,25,29,30). The normalized spacial score (nSPS) is 18.8. The van der Waals surface area contributed by atoms with E-state index in [-0.39, 0.29) is 22.9 Å². The number of imide groups is 1. The number of rotatable bonds is 3. The summed E-state index contributed by atoms with van der Waals surface area (Å²) in [4.78, 5) is 50.9. The second kappa shape index (κ2) is 7.08. The van der Waals surface area contributed by atoms with Gasteiger partial charge < -0.3 is 10.6 Å². The molecule has 5 rings (SSSR count). The van der Waals surface area contributed by atoms with Crippen molar-refractivity contribution in [1.29, 1.82) is 0 Å². The third kappa shape index (κ3) is 3.22. The monoisotopic (exact) mass is 420 g/mol. The fraction of sp³-hybridized carbons (Fsp3) is 0.391. The molecule has 8 heteroatoms. The zero-order chi connectivity index (χ0) is 21.9. The first kappa shape index (κ1) is 19.5. The Balaban J connectivity index is 1.42. The molecule has 0 radical (unpaired) electrons. The van der Waals surface area contributed by atoms with Crippen LogP contribution in [0.25, 0.3) is 5.69 Å². The van der Waals surface area contributed by atoms with Crippen molar-refractivity contribution >= 4 is 23.5 Å². The number of hydrogen-bond donors (Lipinski definition) is 2. The second-order valence-corrected chi connectivity index (χ2v) is 8.69. The highest BCUT2D eigenvalue weighted by atomic mass is 16.2. The number of nitrogens with one attached hydrogen (secondary N) is 1. The maximum Gasteiger partial charge on any atom is 0.262 e. The Morgan fingerprint density at radius 1 is 1.03 bits per heavy atom. The van der Waals surface area contributed by atoms with Gasteiger partial charge in [0.15, 0.2) is 0 Å². The average molecular weight is 420 g/mol. The minimum atomic E-state index is -0.602. The van der Waals surface area contributed by atoms with Crippen molar-refractivity contribution in [2.45, 2.75) is 38.5 Å². The Morgan fingerprint density at radius 2 is 1.74 bits per heavy atom. The summed E-state index contributed by atoms with van der Waals surface area (Å²) in [5.41, 5.74) is 8.37. The first-order chi connectivity index (χ1) is 14.8. The molecule has 0 unspecified atom stereocenters. The number of fused-ring (bicyclic) bond motifs is 1. The van der Waals surface area contributed by atoms with Gasteiger partial charge in [-0.25, -0.2) is 0 Å². The molecule has 3 N–H and O–H groups in total. The molecule has 1 aliphatic carbocycles. The molecule has 8 nitrogen and oxygen atoms in total. The topological polar surface area (TPSA) is 114 Å². The third-order valence-corrected chi connectivity index (χ3v) is 6.62. The number of piperidine rings is 1. The number of aryl methyl sites for hydroxylation is 1. The van der Waals surface area contributed by atoms with Crippen LogP contribution in [0, 0.1) is 12.8 Å². The molecule has 3 heterocycles. The van der Waals surface area contributed by atoms with Crippen molar-refractivity contribution in [3.05, 3.63) is 56.9 Å². The van der Waals surface area contributed by atoms with E-state index >= 15 is 0 Å². The summed E-state index contributed by atoms with van der Waals surface area (Å²) in [5.74, 6) is -0.310. The van der Waals surface area contributed by atoms with Crippen molar-refractivity contribution in [3.63, 3.8) is 0 Å². The van der Waals surface area contributed by atoms with Crippen molar-refractivity contribution in [2.24, 2.45) is 5.92 Å². The maximum atomic E-state index is 12.7. The molecule has 1 saturated heterocycles. The van der Waals surface area contributed by atoms with Crippen LogP contribution in [0.3, 0.4) is 0 Å². The predicted molar refractivity (Wildman–Crippen MR) is 114 cm³/mol. The van der Waals surface area contributed by atoms with Crippen LogP contribution in [0.1, 0.15) is 63.4 Å². The number of benzene rings is 1. The van der Waals surface area contributed by atoms with Gasteiger partial charge in [0.25, 0.3) is 17.4 Å². The number of nitrogens with zero attached hydrogens (tertiary/aromatic N) is 2. The van der Waals surface area contributed by atoms with E-state index in [0.717, 1.165) is 50.4 Å². The lowest BCUT2D eigenvalue weighted by Gasteiger charge is -2.32. The van der Waals surface area contributed by atoms with Crippen LogP contribution in [0.15, 0.2) is 29.1 Å². The lowest BCUT2D eigenvalue weighted by atomic mass is 9.88. The fourth-order valence-corrected chi connectivity index (χ4v) is 4.73. The van der Waals surface area contributed by atoms with Crippen molar-refractivity contribution < 1.29 is 14.4 Å². The molecule has 1 aromatic carbocycles. The van der Waals surface area contributed by atoms with Crippen molar-refractivity contribution in [3.8, 4) is 5.69 Å². The molecular formula is C23H24N4O4. The Kier molecular flexibility index (Phi) is 4.46. The Labute approximate surface area is 179 Å². The lowest BCUT2D eigenvalue weighted by Crippen LogP contribution is -2.38. The maximum absolute atomic E-state index is 12.7. The Morgan fingerprint density at radius 3 is 2.39 bits per heavy atom. The van der Waals surface area contributed by atoms with Gasteiger partial charge in [-0.3, -0.25) is 29.1 Å². The predicted octanol–water partition coefficient (Wildman–Crippen LogP) is 1.73. The van der Waals surface area contributed by atoms with Crippen molar-refractivity contribution in [1.82, 2.24) is 14.8 Å². The van der Waals surface area contributed by atoms with Gasteiger partial charge >= 0.3 is 0 Å². The molecule has 2 aliphatic heterocycles. The Bertz CT molecular complexity index is 1190. The number of aromatic nitrogens is 1. The number of anilines is 1. The minimum Gasteiger partial charge on any atom is -0.384 e. The molecule has 1 aromatic heterocycles. The molecule has 0 bridgehead atoms. The van der Waals surface area contributed by atoms with Gasteiger partial charge in [-0.05, 0) is 55.7 Å². The van der Waals surface area contributed by atoms with Crippen LogP contribution in [0.5, 0.6) is 0 Å². The van der Waals surface area contributed by atoms with Crippen LogP contribution >= 0.6 is 0 Å². The van der Waals surface area contributed by atoms with E-state index < -0.39 is 17.4 Å². The summed E-state index contributed by atoms with van der Waals surface area (Å²) in [6, 6.07) is 7.02. The van der Waals surface area contributed by atoms with E-state index in [0.29, 0.717) is 17.5 Å². The van der Waals surface area contributed by atoms with Gasteiger partial charge in [0.2, 0.25) is 5.91 Å². The number of hydrogen-bond acceptors (Lipinski definition) is 5. The summed E-state index contributed by atoms with van der Waals surface area (Å²) in [7, 11) is 0. The van der Waals surface area contributed by atoms with Gasteiger partial charge in [-0.15, -0.1) is 0 Å². The van der Waals surface area contributed by atoms with Crippen molar-refractivity contribution in [2.75, 3.05) is 18.8 Å². The summed E-state index contributed by atoms with van der Waals surface area (Å²) in [6.07, 6.45) is 3.89. The SMILES string of the molecule is Cc1cc(C2CCN(C(=O)C3CC3)CC2)ccc1-n1c(N)c2c(cc1=O)C(=O)NC2=O. The smallest absolute Gasteiger partial charge is 0.262 e. The van der Waals surface area contributed by atoms with Crippen LogP contribution in [-0.4, -0.2) is 40.3 Å². The molecule has 0 atom stereocenters. The average Bonchev–Trinajstić information content (AvgIpc) is 3.55. The van der Waals surface area contributed by atoms with E-state index in [9.17, 15) is 19.2 Å². The molecule has 3 amide bonds. The highest BCUT2D eigenvalue weighted by Crippen LogP contribution is 2.35. The van der Waals surface area contributed by atoms with E-state index in [1.165, 1.54) is 10.1 Å². The molecule has 3 aliphatic rings. The summed E-state index contributed by atoms with van der Waals surface area (Å²) in [5, 5.41) is 2.18. The first-order valence-corrected chi connectivity index (χ1v) is 10.7. The molecule has 2 aromatic rings. The Hall–Kier alpha value is -3.42. The zero-order valence-electron chi connectivity index (χ0n) is 17.3. The van der Waals surface area contributed by atoms with Gasteiger partial charge in [-0.2, -0.15) is 0 Å². The van der Waals surface area contributed by atoms with Crippen LogP contribution in [-0.2, 0) is 4.79 Å². The second-order valence-electron chi connectivity index (χ2n) is 8.69. The van der Waals surface area contributed by atoms with E-state index in [1.54, 1.807) is 0 Å². The van der Waals surface area contributed by atoms with Crippen LogP contribution in [0.4, 0.5) is 5.82 Å². The molecule has 1 saturated carbocycles. The van der Waals surface area contributed by atoms with Gasteiger partial charge in [-0.1, -0.05) is 12.1 Å². The van der Waals surface area contributed by atoms with E-state index in [1.807, 2.05) is 30.0 Å². The van der Waals surface area contributed by atoms with Gasteiger partial charge in [0, 0.05) is 25.1 Å². The summed E-state index contributed by atoms with van der Waals surface area (Å²) < 4.78 is 1.28. The highest BCUT2D eigenvalue weighted by molar-refractivity contribution is 6.23. The highest BCUT2D eigenvalue weighted by Gasteiger charge is 2.35. The van der Waals surface area contributed by atoms with Gasteiger partial charge in [0.1, 0.15) is 5.82 Å². The number of pyridine rings is 1. The molecule has 31 heavy (non-hydrogen) atoms.